The van der Waals surface area contributed by atoms with Gasteiger partial charge in [-0.1, -0.05) is 39.8 Å². The molecule has 0 bridgehead atoms. The van der Waals surface area contributed by atoms with Crippen LogP contribution in [0.5, 0.6) is 0 Å². The molecule has 5 saturated heterocycles. The van der Waals surface area contributed by atoms with Gasteiger partial charge in [-0.05, 0) is 13.0 Å². The van der Waals surface area contributed by atoms with E-state index in [0.29, 0.717) is 187 Å². The average Bonchev–Trinajstić information content (AvgIpc) is 1.40. The predicted molar refractivity (Wildman–Crippen MR) is 441 cm³/mol. The highest BCUT2D eigenvalue weighted by Crippen LogP contribution is 2.48. The number of imidazole rings is 2. The van der Waals surface area contributed by atoms with Crippen LogP contribution in [-0.4, -0.2) is 208 Å². The Labute approximate surface area is 635 Å². The van der Waals surface area contributed by atoms with E-state index in [1.807, 2.05) is 4.57 Å². The number of aliphatic hydroxyl groups is 5. The minimum Gasteiger partial charge on any atom is -0.390 e. The highest BCUT2D eigenvalue weighted by molar-refractivity contribution is 8.39. The van der Waals surface area contributed by atoms with E-state index in [4.69, 9.17) is 46.3 Å². The monoisotopic (exact) mass is 1770 g/mol. The van der Waals surface area contributed by atoms with Gasteiger partial charge in [0.25, 0.3) is 16.7 Å². The number of aromatic nitrogens is 14. The van der Waals surface area contributed by atoms with Crippen molar-refractivity contribution >= 4 is 167 Å². The quantitative estimate of drug-likeness (QED) is 0.0248. The van der Waals surface area contributed by atoms with Gasteiger partial charge < -0.3 is 87.8 Å². The predicted octanol–water partition coefficient (Wildman–Crippen LogP) is 3.93. The number of aromatic amines is 1. The highest BCUT2D eigenvalue weighted by atomic mass is 32.4. The van der Waals surface area contributed by atoms with Crippen molar-refractivity contribution in [1.82, 2.24) is 66.9 Å². The van der Waals surface area contributed by atoms with Gasteiger partial charge in [0.15, 0.2) is 22.6 Å². The van der Waals surface area contributed by atoms with Gasteiger partial charge >= 0.3 is 17.1 Å². The molecule has 20 unspecified atom stereocenters. The summed E-state index contributed by atoms with van der Waals surface area (Å²) in [5.74, 6) is 1.53. The first-order valence-electron chi connectivity index (χ1n) is 32.2. The fourth-order valence-corrected chi connectivity index (χ4v) is 19.0. The number of aryl methyl sites for hydroxylation is 1. The molecule has 30 atom stereocenters. The van der Waals surface area contributed by atoms with E-state index in [9.17, 15) is 54.3 Å². The van der Waals surface area contributed by atoms with Gasteiger partial charge in [0.2, 0.25) is 5.95 Å². The summed E-state index contributed by atoms with van der Waals surface area (Å²) in [6, 6.07) is 3.00. The normalized spacial score (nSPS) is 26.4. The van der Waals surface area contributed by atoms with Crippen LogP contribution >= 0.6 is 127 Å². The van der Waals surface area contributed by atoms with Crippen LogP contribution < -0.4 is 49.7 Å². The van der Waals surface area contributed by atoms with Crippen molar-refractivity contribution in [2.45, 2.75) is 131 Å². The molecule has 0 amide bonds. The average molecular weight is 1770 g/mol. The van der Waals surface area contributed by atoms with Crippen LogP contribution in [0, 0.1) is 6.92 Å². The molecular formula is C53H90N17O21P15. The number of H-pyrrole nitrogens is 1. The maximum Gasteiger partial charge on any atom is 0.351 e. The second kappa shape index (κ2) is 45.5. The van der Waals surface area contributed by atoms with Gasteiger partial charge in [-0.25, -0.2) is 34.3 Å². The molecule has 5 fully saturated rings. The summed E-state index contributed by atoms with van der Waals surface area (Å²) >= 11 is 0. The van der Waals surface area contributed by atoms with Crippen molar-refractivity contribution in [1.29, 1.82) is 0 Å². The Morgan fingerprint density at radius 1 is 0.500 bits per heavy atom. The van der Waals surface area contributed by atoms with Crippen LogP contribution in [0.15, 0.2) is 78.5 Å². The Hall–Kier alpha value is -1.61. The van der Waals surface area contributed by atoms with Crippen LogP contribution in [0.4, 0.5) is 17.6 Å². The van der Waals surface area contributed by atoms with Crippen LogP contribution in [0.3, 0.4) is 0 Å². The molecule has 53 heteroatoms. The zero-order valence-corrected chi connectivity index (χ0v) is 73.6. The molecule has 7 aromatic rings. The van der Waals surface area contributed by atoms with Crippen LogP contribution in [-0.2, 0) is 60.4 Å². The summed E-state index contributed by atoms with van der Waals surface area (Å²) < 4.78 is 65.7. The molecule has 5 aliphatic rings. The minimum absolute atomic E-state index is 0.243. The van der Waals surface area contributed by atoms with Gasteiger partial charge in [0.05, 0.1) is 76.2 Å². The Kier molecular flexibility index (Phi) is 38.6. The molecule has 0 spiro atoms. The zero-order chi connectivity index (χ0) is 76.7. The van der Waals surface area contributed by atoms with E-state index < -0.39 is 96.9 Å². The molecule has 5 aliphatic heterocycles. The van der Waals surface area contributed by atoms with Crippen molar-refractivity contribution in [2.75, 3.05) is 70.1 Å². The molecule has 0 radical (unpaired) electrons. The number of nitrogens with one attached hydrogen (secondary N) is 4. The highest BCUT2D eigenvalue weighted by Gasteiger charge is 2.40. The van der Waals surface area contributed by atoms with E-state index in [2.05, 4.69) is 95.5 Å². The molecule has 106 heavy (non-hydrogen) atoms. The molecule has 0 aliphatic carbocycles. The number of anilines is 3. The number of hydrogen-bond acceptors (Lipinski definition) is 30. The van der Waals surface area contributed by atoms with E-state index in [-0.39, 0.29) is 34.5 Å². The first-order chi connectivity index (χ1) is 51.0. The van der Waals surface area contributed by atoms with E-state index in [1.54, 1.807) is 51.2 Å². The topological polar surface area (TPSA) is 460 Å². The lowest BCUT2D eigenvalue weighted by Gasteiger charge is -2.17. The van der Waals surface area contributed by atoms with E-state index in [1.165, 1.54) is 58.9 Å². The maximum absolute atomic E-state index is 12.1. The molecular weight excluding hydrogens is 1680 g/mol. The van der Waals surface area contributed by atoms with Gasteiger partial charge in [-0.2, -0.15) is 9.97 Å². The SMILES string of the molecule is CNc1ccn([C@H]2CC(O)[C@@H](COPPP)O2)c(=O)n1.CNc1nc2c(ncn2[C@H]2CC(O)[C@@H](COPPP)O2)c(=O)[nH]1.CNc1ncnc2c1ncn2[C@H]1CC(O)[C@@H](COPPP)O1.Cc1cn([C@H]2CC(O)[C@@H](COPPP)O2)c(=O)n(C)c1=O.Cn1c(=O)ccn([C@H]2CC(O)[C@@H](COPPP)O2)c1=O. The Balaban J connectivity index is 0.000000168. The first-order valence-corrected chi connectivity index (χ1v) is 55.8. The Bertz CT molecular complexity index is 4310. The summed E-state index contributed by atoms with van der Waals surface area (Å²) in [7, 11) is 26.2. The number of ether oxygens (including phenoxy) is 5. The van der Waals surface area contributed by atoms with Crippen molar-refractivity contribution in [3.8, 4) is 0 Å². The fraction of sp³-hybridized carbons (Fsp3) is 0.585. The van der Waals surface area contributed by atoms with Crippen molar-refractivity contribution in [2.24, 2.45) is 14.1 Å². The fourth-order valence-electron chi connectivity index (χ4n) is 11.1. The van der Waals surface area contributed by atoms with Crippen LogP contribution in [0.1, 0.15) is 68.8 Å². The molecule has 38 nitrogen and oxygen atoms in total. The molecule has 12 rings (SSSR count). The summed E-state index contributed by atoms with van der Waals surface area (Å²) in [5, 5.41) is 58.8. The second-order valence-electron chi connectivity index (χ2n) is 23.3. The smallest absolute Gasteiger partial charge is 0.351 e. The summed E-state index contributed by atoms with van der Waals surface area (Å²) in [6.45, 7) is 3.34. The van der Waals surface area contributed by atoms with Crippen LogP contribution in [0.2, 0.25) is 0 Å². The van der Waals surface area contributed by atoms with Crippen LogP contribution in [0.25, 0.3) is 22.3 Å². The third-order valence-corrected chi connectivity index (χ3v) is 27.9. The van der Waals surface area contributed by atoms with Crippen molar-refractivity contribution < 1.29 is 71.8 Å². The number of rotatable bonds is 28. The van der Waals surface area contributed by atoms with Crippen molar-refractivity contribution in [3.05, 3.63) is 118 Å². The van der Waals surface area contributed by atoms with Crippen molar-refractivity contribution in [3.63, 3.8) is 0 Å². The zero-order valence-electron chi connectivity index (χ0n) is 57.8. The third-order valence-electron chi connectivity index (χ3n) is 16.5. The number of hydrogen-bond donors (Lipinski definition) is 9. The molecule has 9 N–H and O–H groups in total. The number of aliphatic hydroxyl groups excluding tert-OH is 5. The Morgan fingerprint density at radius 2 is 0.906 bits per heavy atom. The van der Waals surface area contributed by atoms with E-state index in [0.717, 1.165) is 9.13 Å². The largest absolute Gasteiger partial charge is 0.390 e. The first kappa shape index (κ1) is 89.9. The summed E-state index contributed by atoms with van der Waals surface area (Å²) in [6.07, 6.45) is 3.50. The van der Waals surface area contributed by atoms with Gasteiger partial charge in [-0.3, -0.25) is 51.3 Å². The lowest BCUT2D eigenvalue weighted by Crippen LogP contribution is -2.40. The molecule has 12 heterocycles. The molecule has 7 aromatic heterocycles. The molecule has 0 aromatic carbocycles. The minimum atomic E-state index is -0.683. The maximum atomic E-state index is 12.1. The van der Waals surface area contributed by atoms with E-state index >= 15 is 0 Å². The second-order valence-corrected chi connectivity index (χ2v) is 47.5. The van der Waals surface area contributed by atoms with Gasteiger partial charge in [-0.15, -0.1) is 44.6 Å². The van der Waals surface area contributed by atoms with Gasteiger partial charge in [0, 0.05) is 140 Å². The molecule has 0 saturated carbocycles. The standard InChI is InChI=1S/C11H18N5O4P3.C11H18N5O3P3.C11H19N2O5P3.C10H18N3O4P3.C10H17N2O5P3/c1-12-11-14-9-8(10(18)15-11)13-4-16(9)7-2-5(17)6(20-7)3-19-22-23-21;1-12-10-9-11(14-4-13-10)16(5-15-9)8-2-6(17)7(19-8)3-18-21-22-20;1-6-4-13(11(16)12(2)10(6)15)9-3-7(14)8(18-9)5-17-20-21-19;1-11-8-2-3-13(10(15)12-8)9-4-6(14)7(17-9)5-16-19-20-18;1-11-8(14)2-3-12(10(11)15)9-4-6(13)7(17-9)5-16-19-20-18/h4-7,17,22-23H,2-3,21H2,1H3,(H2,12,14,15,18);4-8,17,21-22H,2-3,20H2,1H3,(H,12,13,14);4,7-9,14,20-21H,3,5,19H2,1-2H3;2-3,6-7,9,14,19-20H,4-5,18H2,1H3,(H,11,12,15);2-3,6-7,9,13,19-20H,4-5,18H2,1H3/t5?,6-,7-;6?,7-,8-;7?,8-,9-;2*6?,7-,9-/m11111/s1. The number of nitrogens with zero attached hydrogens (tertiary/aromatic N) is 13. The van der Waals surface area contributed by atoms with Gasteiger partial charge in [0.1, 0.15) is 79.3 Å². The lowest BCUT2D eigenvalue weighted by molar-refractivity contribution is -0.0388. The summed E-state index contributed by atoms with van der Waals surface area (Å²) in [4.78, 5) is 98.6. The third kappa shape index (κ3) is 24.5. The summed E-state index contributed by atoms with van der Waals surface area (Å²) in [5.41, 5.74) is 0.188. The number of fused-ring (bicyclic) bond motifs is 2. The molecule has 588 valence electrons. The Morgan fingerprint density at radius 3 is 1.33 bits per heavy atom. The lowest BCUT2D eigenvalue weighted by atomic mass is 10.2.